The van der Waals surface area contributed by atoms with E-state index in [4.69, 9.17) is 0 Å². The Balaban J connectivity index is 2.79. The van der Waals surface area contributed by atoms with Crippen LogP contribution in [0.4, 0.5) is 0 Å². The minimum atomic E-state index is -3.39. The maximum absolute atomic E-state index is 12.4. The van der Waals surface area contributed by atoms with Crippen molar-refractivity contribution in [3.05, 3.63) is 15.8 Å². The Hall–Kier alpha value is -0.430. The molecule has 20 heavy (non-hydrogen) atoms. The molecule has 1 atom stereocenters. The molecular weight excluding hydrogens is 292 g/mol. The highest BCUT2D eigenvalue weighted by atomic mass is 32.2. The third-order valence-electron chi connectivity index (χ3n) is 3.02. The van der Waals surface area contributed by atoms with E-state index in [0.717, 1.165) is 42.1 Å². The molecule has 0 bridgehead atoms. The summed E-state index contributed by atoms with van der Waals surface area (Å²) in [5, 5.41) is 3.30. The number of hydrogen-bond acceptors (Lipinski definition) is 4. The number of nitrogens with one attached hydrogen (secondary N) is 2. The van der Waals surface area contributed by atoms with Crippen LogP contribution < -0.4 is 10.0 Å². The lowest BCUT2D eigenvalue weighted by Crippen LogP contribution is -2.32. The Morgan fingerprint density at radius 1 is 1.30 bits per heavy atom. The van der Waals surface area contributed by atoms with Crippen molar-refractivity contribution in [2.45, 2.75) is 64.4 Å². The fraction of sp³-hybridized carbons (Fsp3) is 0.714. The van der Waals surface area contributed by atoms with E-state index in [1.165, 1.54) is 0 Å². The molecule has 0 fully saturated rings. The zero-order valence-corrected chi connectivity index (χ0v) is 14.5. The standard InChI is InChI=1S/C14H26N2O2S2/c1-5-7-11(3)16-20(17,18)14-9-13(19-12(14)4)10-15-8-6-2/h9,11,15-16H,5-8,10H2,1-4H3. The second kappa shape index (κ2) is 8.12. The predicted octanol–water partition coefficient (Wildman–Crippen LogP) is 3.02. The molecule has 6 heteroatoms. The maximum atomic E-state index is 12.4. The molecule has 0 aliphatic heterocycles. The topological polar surface area (TPSA) is 58.2 Å². The predicted molar refractivity (Wildman–Crippen MR) is 85.7 cm³/mol. The van der Waals surface area contributed by atoms with Crippen LogP contribution in [0.15, 0.2) is 11.0 Å². The Kier molecular flexibility index (Phi) is 7.15. The third-order valence-corrected chi connectivity index (χ3v) is 5.91. The van der Waals surface area contributed by atoms with Gasteiger partial charge in [0.05, 0.1) is 4.90 Å². The number of rotatable bonds is 9. The largest absolute Gasteiger partial charge is 0.312 e. The molecule has 0 radical (unpaired) electrons. The number of aryl methyl sites for hydroxylation is 1. The Bertz CT molecular complexity index is 509. The normalized spacial score (nSPS) is 13.6. The first-order valence-electron chi connectivity index (χ1n) is 7.23. The summed E-state index contributed by atoms with van der Waals surface area (Å²) in [5.41, 5.74) is 0. The van der Waals surface area contributed by atoms with Crippen LogP contribution in [0.25, 0.3) is 0 Å². The van der Waals surface area contributed by atoms with E-state index in [1.807, 2.05) is 13.8 Å². The fourth-order valence-electron chi connectivity index (χ4n) is 2.09. The molecule has 0 aliphatic carbocycles. The summed E-state index contributed by atoms with van der Waals surface area (Å²) in [4.78, 5) is 2.35. The lowest BCUT2D eigenvalue weighted by Gasteiger charge is -2.12. The van der Waals surface area contributed by atoms with Gasteiger partial charge < -0.3 is 5.32 Å². The summed E-state index contributed by atoms with van der Waals surface area (Å²) in [7, 11) is -3.39. The molecule has 0 saturated heterocycles. The van der Waals surface area contributed by atoms with Gasteiger partial charge in [-0.25, -0.2) is 13.1 Å². The van der Waals surface area contributed by atoms with Gasteiger partial charge in [-0.2, -0.15) is 0 Å². The molecule has 116 valence electrons. The first kappa shape index (κ1) is 17.6. The zero-order chi connectivity index (χ0) is 15.2. The lowest BCUT2D eigenvalue weighted by molar-refractivity contribution is 0.543. The van der Waals surface area contributed by atoms with Crippen molar-refractivity contribution in [1.82, 2.24) is 10.0 Å². The van der Waals surface area contributed by atoms with Gasteiger partial charge in [0.2, 0.25) is 10.0 Å². The highest BCUT2D eigenvalue weighted by Gasteiger charge is 2.21. The van der Waals surface area contributed by atoms with Gasteiger partial charge in [-0.1, -0.05) is 20.3 Å². The molecule has 1 rings (SSSR count). The highest BCUT2D eigenvalue weighted by Crippen LogP contribution is 2.26. The van der Waals surface area contributed by atoms with Gasteiger partial charge in [0.15, 0.2) is 0 Å². The van der Waals surface area contributed by atoms with E-state index in [1.54, 1.807) is 17.4 Å². The van der Waals surface area contributed by atoms with Crippen molar-refractivity contribution in [2.75, 3.05) is 6.54 Å². The highest BCUT2D eigenvalue weighted by molar-refractivity contribution is 7.89. The van der Waals surface area contributed by atoms with Gasteiger partial charge in [-0.3, -0.25) is 0 Å². The second-order valence-electron chi connectivity index (χ2n) is 5.12. The van der Waals surface area contributed by atoms with E-state index in [2.05, 4.69) is 23.9 Å². The molecule has 1 heterocycles. The SMILES string of the molecule is CCCNCc1cc(S(=O)(=O)NC(C)CCC)c(C)s1. The summed E-state index contributed by atoms with van der Waals surface area (Å²) in [6.45, 7) is 9.63. The maximum Gasteiger partial charge on any atom is 0.241 e. The molecular formula is C14H26N2O2S2. The Morgan fingerprint density at radius 3 is 2.60 bits per heavy atom. The molecule has 0 saturated carbocycles. The van der Waals surface area contributed by atoms with E-state index < -0.39 is 10.0 Å². The van der Waals surface area contributed by atoms with Crippen LogP contribution in [0.1, 0.15) is 49.8 Å². The number of sulfonamides is 1. The van der Waals surface area contributed by atoms with Crippen molar-refractivity contribution in [3.8, 4) is 0 Å². The van der Waals surface area contributed by atoms with Crippen LogP contribution >= 0.6 is 11.3 Å². The van der Waals surface area contributed by atoms with Crippen LogP contribution in [0.5, 0.6) is 0 Å². The van der Waals surface area contributed by atoms with Crippen LogP contribution in [-0.2, 0) is 16.6 Å². The lowest BCUT2D eigenvalue weighted by atomic mass is 10.2. The minimum absolute atomic E-state index is 0.0223. The molecule has 0 amide bonds. The van der Waals surface area contributed by atoms with Crippen LogP contribution in [0.3, 0.4) is 0 Å². The molecule has 2 N–H and O–H groups in total. The third kappa shape index (κ3) is 5.16. The molecule has 4 nitrogen and oxygen atoms in total. The van der Waals surface area contributed by atoms with E-state index in [9.17, 15) is 8.42 Å². The fourth-order valence-corrected chi connectivity index (χ4v) is 4.97. The molecule has 0 spiro atoms. The van der Waals surface area contributed by atoms with E-state index in [-0.39, 0.29) is 6.04 Å². The monoisotopic (exact) mass is 318 g/mol. The summed E-state index contributed by atoms with van der Waals surface area (Å²) in [5.74, 6) is 0. The number of hydrogen-bond donors (Lipinski definition) is 2. The van der Waals surface area contributed by atoms with Crippen molar-refractivity contribution < 1.29 is 8.42 Å². The van der Waals surface area contributed by atoms with Gasteiger partial charge in [-0.05, 0) is 39.3 Å². The van der Waals surface area contributed by atoms with Crippen molar-refractivity contribution in [1.29, 1.82) is 0 Å². The first-order valence-corrected chi connectivity index (χ1v) is 9.53. The average Bonchev–Trinajstić information content (AvgIpc) is 2.71. The van der Waals surface area contributed by atoms with E-state index >= 15 is 0 Å². The van der Waals surface area contributed by atoms with Crippen LogP contribution in [-0.4, -0.2) is 21.0 Å². The van der Waals surface area contributed by atoms with Gasteiger partial charge in [0.1, 0.15) is 0 Å². The molecule has 0 aliphatic rings. The van der Waals surface area contributed by atoms with Crippen molar-refractivity contribution in [3.63, 3.8) is 0 Å². The Labute approximate surface area is 127 Å². The summed E-state index contributed by atoms with van der Waals surface area (Å²) < 4.78 is 27.5. The van der Waals surface area contributed by atoms with Gasteiger partial charge in [0, 0.05) is 22.3 Å². The first-order chi connectivity index (χ1) is 9.40. The molecule has 0 aromatic carbocycles. The second-order valence-corrected chi connectivity index (χ2v) is 8.14. The van der Waals surface area contributed by atoms with Gasteiger partial charge >= 0.3 is 0 Å². The van der Waals surface area contributed by atoms with Crippen molar-refractivity contribution in [2.24, 2.45) is 0 Å². The van der Waals surface area contributed by atoms with Gasteiger partial charge in [-0.15, -0.1) is 11.3 Å². The van der Waals surface area contributed by atoms with Crippen LogP contribution in [0.2, 0.25) is 0 Å². The van der Waals surface area contributed by atoms with Crippen molar-refractivity contribution >= 4 is 21.4 Å². The van der Waals surface area contributed by atoms with Gasteiger partial charge in [0.25, 0.3) is 0 Å². The summed E-state index contributed by atoms with van der Waals surface area (Å²) >= 11 is 1.55. The minimum Gasteiger partial charge on any atom is -0.312 e. The molecule has 1 aromatic heterocycles. The summed E-state index contributed by atoms with van der Waals surface area (Å²) in [6, 6.07) is 1.77. The number of thiophene rings is 1. The van der Waals surface area contributed by atoms with E-state index in [0.29, 0.717) is 4.90 Å². The molecule has 1 aromatic rings. The quantitative estimate of drug-likeness (QED) is 0.688. The Morgan fingerprint density at radius 2 is 2.00 bits per heavy atom. The smallest absolute Gasteiger partial charge is 0.241 e. The molecule has 1 unspecified atom stereocenters. The average molecular weight is 319 g/mol. The van der Waals surface area contributed by atoms with Crippen LogP contribution in [0, 0.1) is 6.92 Å². The summed E-state index contributed by atoms with van der Waals surface area (Å²) in [6.07, 6.45) is 2.90. The zero-order valence-electron chi connectivity index (χ0n) is 12.8.